The molecule has 0 aliphatic rings. The van der Waals surface area contributed by atoms with E-state index in [1.165, 1.54) is 11.8 Å². The molecule has 2 aromatic carbocycles. The van der Waals surface area contributed by atoms with Gasteiger partial charge in [0.25, 0.3) is 0 Å². The number of nitrogens with zero attached hydrogens (tertiary/aromatic N) is 5. The number of thiol groups is 1. The zero-order valence-corrected chi connectivity index (χ0v) is 14.6. The molecule has 5 nitrogen and oxygen atoms in total. The van der Waals surface area contributed by atoms with Crippen molar-refractivity contribution in [2.75, 3.05) is 0 Å². The first-order valence-corrected chi connectivity index (χ1v) is 8.90. The molecule has 23 heavy (non-hydrogen) atoms. The fraction of sp³-hybridized carbons (Fsp3) is 0.0667. The van der Waals surface area contributed by atoms with Crippen LogP contribution in [0.25, 0.3) is 15.9 Å². The number of rotatable bonds is 3. The number of fused-ring (bicyclic) bond motifs is 1. The first-order valence-electron chi connectivity index (χ1n) is 6.82. The predicted octanol–water partition coefficient (Wildman–Crippen LogP) is 4.02. The molecule has 0 saturated carbocycles. The summed E-state index contributed by atoms with van der Waals surface area (Å²) in [5.41, 5.74) is 2.99. The Hall–Kier alpha value is -1.90. The Bertz CT molecular complexity index is 959. The summed E-state index contributed by atoms with van der Waals surface area (Å²) in [5, 5.41) is 12.7. The number of benzene rings is 2. The summed E-state index contributed by atoms with van der Waals surface area (Å²) in [4.78, 5) is 5.45. The number of aryl methyl sites for hydroxylation is 1. The van der Waals surface area contributed by atoms with Crippen LogP contribution in [0, 0.1) is 6.92 Å². The number of hydrogen-bond acceptors (Lipinski definition) is 7. The molecule has 4 aromatic rings. The molecule has 0 bridgehead atoms. The van der Waals surface area contributed by atoms with Crippen LogP contribution in [-0.2, 0) is 0 Å². The molecule has 0 fully saturated rings. The smallest absolute Gasteiger partial charge is 0.221 e. The largest absolute Gasteiger partial charge is 0.229 e. The van der Waals surface area contributed by atoms with Crippen molar-refractivity contribution in [1.29, 1.82) is 0 Å². The molecular formula is C15H11N5S3. The quantitative estimate of drug-likeness (QED) is 0.561. The van der Waals surface area contributed by atoms with E-state index in [-0.39, 0.29) is 0 Å². The van der Waals surface area contributed by atoms with Crippen molar-refractivity contribution in [3.8, 4) is 5.69 Å². The number of aromatic nitrogens is 5. The minimum Gasteiger partial charge on any atom is -0.229 e. The SMILES string of the molecule is Cc1ccc(-n2nnnc2Sc2nc3ccccc3s2)c(S)c1. The van der Waals surface area contributed by atoms with Crippen LogP contribution < -0.4 is 0 Å². The van der Waals surface area contributed by atoms with Crippen molar-refractivity contribution in [3.63, 3.8) is 0 Å². The van der Waals surface area contributed by atoms with Crippen molar-refractivity contribution < 1.29 is 0 Å². The molecule has 0 N–H and O–H groups in total. The lowest BCUT2D eigenvalue weighted by molar-refractivity contribution is 0.744. The van der Waals surface area contributed by atoms with E-state index in [2.05, 4.69) is 39.2 Å². The highest BCUT2D eigenvalue weighted by Crippen LogP contribution is 2.34. The average Bonchev–Trinajstić information content (AvgIpc) is 3.14. The molecule has 2 heterocycles. The van der Waals surface area contributed by atoms with E-state index in [9.17, 15) is 0 Å². The number of para-hydroxylation sites is 1. The van der Waals surface area contributed by atoms with E-state index in [0.29, 0.717) is 5.16 Å². The number of tetrazole rings is 1. The lowest BCUT2D eigenvalue weighted by Gasteiger charge is -2.06. The summed E-state index contributed by atoms with van der Waals surface area (Å²) in [6.45, 7) is 2.03. The summed E-state index contributed by atoms with van der Waals surface area (Å²) in [7, 11) is 0. The zero-order chi connectivity index (χ0) is 15.8. The van der Waals surface area contributed by atoms with Crippen molar-refractivity contribution in [1.82, 2.24) is 25.2 Å². The first kappa shape index (κ1) is 14.7. The van der Waals surface area contributed by atoms with Crippen molar-refractivity contribution >= 4 is 45.9 Å². The first-order chi connectivity index (χ1) is 11.2. The van der Waals surface area contributed by atoms with Crippen LogP contribution in [0.4, 0.5) is 0 Å². The molecule has 0 radical (unpaired) electrons. The van der Waals surface area contributed by atoms with E-state index in [0.717, 1.165) is 30.7 Å². The Morgan fingerprint density at radius 1 is 1.17 bits per heavy atom. The molecule has 0 aliphatic heterocycles. The molecule has 0 spiro atoms. The molecule has 0 amide bonds. The summed E-state index contributed by atoms with van der Waals surface area (Å²) >= 11 is 7.61. The van der Waals surface area contributed by atoms with Gasteiger partial charge in [-0.25, -0.2) is 4.98 Å². The summed E-state index contributed by atoms with van der Waals surface area (Å²) in [5.74, 6) is 0. The van der Waals surface area contributed by atoms with Crippen LogP contribution >= 0.6 is 35.7 Å². The minimum absolute atomic E-state index is 0.670. The molecule has 0 atom stereocenters. The van der Waals surface area contributed by atoms with Gasteiger partial charge in [-0.1, -0.05) is 18.2 Å². The Kier molecular flexibility index (Phi) is 3.80. The highest BCUT2D eigenvalue weighted by atomic mass is 32.2. The highest BCUT2D eigenvalue weighted by Gasteiger charge is 2.14. The third kappa shape index (κ3) is 2.85. The highest BCUT2D eigenvalue weighted by molar-refractivity contribution is 8.01. The molecule has 2 aromatic heterocycles. The van der Waals surface area contributed by atoms with Gasteiger partial charge in [-0.05, 0) is 58.9 Å². The second kappa shape index (κ2) is 5.95. The maximum Gasteiger partial charge on any atom is 0.221 e. The van der Waals surface area contributed by atoms with Crippen molar-refractivity contribution in [2.45, 2.75) is 21.3 Å². The van der Waals surface area contributed by atoms with Crippen molar-refractivity contribution in [2.24, 2.45) is 0 Å². The molecule has 114 valence electrons. The van der Waals surface area contributed by atoms with Crippen LogP contribution in [0.2, 0.25) is 0 Å². The topological polar surface area (TPSA) is 56.5 Å². The average molecular weight is 357 g/mol. The molecule has 0 saturated heterocycles. The summed E-state index contributed by atoms with van der Waals surface area (Å²) in [6, 6.07) is 14.0. The van der Waals surface area contributed by atoms with Gasteiger partial charge in [0, 0.05) is 4.90 Å². The fourth-order valence-electron chi connectivity index (χ4n) is 2.18. The molecule has 8 heteroatoms. The van der Waals surface area contributed by atoms with E-state index in [1.54, 1.807) is 16.0 Å². The standard InChI is InChI=1S/C15H11N5S3/c1-9-6-7-11(12(21)8-9)20-14(17-18-19-20)23-15-16-10-4-2-3-5-13(10)22-15/h2-8,21H,1H3. The van der Waals surface area contributed by atoms with Gasteiger partial charge in [-0.15, -0.1) is 29.1 Å². The zero-order valence-electron chi connectivity index (χ0n) is 12.0. The van der Waals surface area contributed by atoms with Gasteiger partial charge in [0.1, 0.15) is 0 Å². The fourth-order valence-corrected chi connectivity index (χ4v) is 4.51. The molecule has 4 rings (SSSR count). The third-order valence-corrected chi connectivity index (χ3v) is 5.65. The minimum atomic E-state index is 0.670. The molecule has 0 aliphatic carbocycles. The Balaban J connectivity index is 1.72. The second-order valence-corrected chi connectivity index (χ2v) is 7.64. The maximum absolute atomic E-state index is 4.61. The van der Waals surface area contributed by atoms with Crippen LogP contribution in [0.1, 0.15) is 5.56 Å². The Morgan fingerprint density at radius 3 is 2.87 bits per heavy atom. The van der Waals surface area contributed by atoms with Gasteiger partial charge in [0.15, 0.2) is 4.34 Å². The molecule has 0 unspecified atom stereocenters. The van der Waals surface area contributed by atoms with Gasteiger partial charge in [0.05, 0.1) is 15.9 Å². The van der Waals surface area contributed by atoms with Gasteiger partial charge < -0.3 is 0 Å². The summed E-state index contributed by atoms with van der Waals surface area (Å²) in [6.07, 6.45) is 0. The number of hydrogen-bond donors (Lipinski definition) is 1. The normalized spacial score (nSPS) is 11.2. The molecular weight excluding hydrogens is 346 g/mol. The van der Waals surface area contributed by atoms with Gasteiger partial charge >= 0.3 is 0 Å². The Labute approximate surface area is 146 Å². The predicted molar refractivity (Wildman–Crippen MR) is 94.9 cm³/mol. The van der Waals surface area contributed by atoms with E-state index >= 15 is 0 Å². The van der Waals surface area contributed by atoms with Crippen LogP contribution in [0.15, 0.2) is 56.9 Å². The summed E-state index contributed by atoms with van der Waals surface area (Å²) < 4.78 is 3.76. The lowest BCUT2D eigenvalue weighted by Crippen LogP contribution is -2.00. The Morgan fingerprint density at radius 2 is 2.04 bits per heavy atom. The second-order valence-electron chi connectivity index (χ2n) is 4.91. The van der Waals surface area contributed by atoms with Crippen molar-refractivity contribution in [3.05, 3.63) is 48.0 Å². The third-order valence-electron chi connectivity index (χ3n) is 3.25. The van der Waals surface area contributed by atoms with E-state index in [4.69, 9.17) is 0 Å². The monoisotopic (exact) mass is 357 g/mol. The van der Waals surface area contributed by atoms with Gasteiger partial charge in [0.2, 0.25) is 5.16 Å². The lowest BCUT2D eigenvalue weighted by atomic mass is 10.2. The maximum atomic E-state index is 4.61. The van der Waals surface area contributed by atoms with Crippen LogP contribution in [0.5, 0.6) is 0 Å². The van der Waals surface area contributed by atoms with Gasteiger partial charge in [-0.3, -0.25) is 0 Å². The van der Waals surface area contributed by atoms with E-state index < -0.39 is 0 Å². The van der Waals surface area contributed by atoms with E-state index in [1.807, 2.05) is 43.3 Å². The van der Waals surface area contributed by atoms with Crippen LogP contribution in [0.3, 0.4) is 0 Å². The number of thiazole rings is 1. The van der Waals surface area contributed by atoms with Gasteiger partial charge in [-0.2, -0.15) is 4.68 Å². The van der Waals surface area contributed by atoms with Crippen LogP contribution in [-0.4, -0.2) is 25.2 Å².